The van der Waals surface area contributed by atoms with Crippen LogP contribution in [0.5, 0.6) is 0 Å². The summed E-state index contributed by atoms with van der Waals surface area (Å²) >= 11 is 0. The summed E-state index contributed by atoms with van der Waals surface area (Å²) in [4.78, 5) is 9.96. The van der Waals surface area contributed by atoms with Gasteiger partial charge < -0.3 is 4.74 Å². The van der Waals surface area contributed by atoms with Gasteiger partial charge in [0, 0.05) is 54.2 Å². The molecule has 4 heteroatoms. The van der Waals surface area contributed by atoms with Crippen LogP contribution in [0.4, 0.5) is 0 Å². The molecule has 0 heterocycles. The molecule has 32 heavy (non-hydrogen) atoms. The van der Waals surface area contributed by atoms with Crippen LogP contribution in [-0.4, -0.2) is 60.9 Å². The molecular weight excluding hydrogens is 606 g/mol. The minimum Gasteiger partial charge on any atom is -0.469 e. The van der Waals surface area contributed by atoms with E-state index in [0.717, 1.165) is 0 Å². The van der Waals surface area contributed by atoms with E-state index in [1.807, 2.05) is 0 Å². The molecule has 200 valence electrons. The van der Waals surface area contributed by atoms with Crippen LogP contribution in [0.1, 0.15) is 173 Å². The minimum absolute atomic E-state index is 0. The standard InChI is InChI=1S/C4H8O2.6C4H10.2Sn/c1-3-4(5)6-2;6*1-3-4-2;;/h3H2,1-2H3;6*3-4H2,1-2H3;;. The molecule has 0 aliphatic heterocycles. The van der Waals surface area contributed by atoms with Crippen LogP contribution in [0, 0.1) is 0 Å². The molecule has 0 aromatic carbocycles. The summed E-state index contributed by atoms with van der Waals surface area (Å²) in [6.45, 7) is 27.9. The second-order valence-electron chi connectivity index (χ2n) is 6.93. The van der Waals surface area contributed by atoms with Crippen molar-refractivity contribution in [1.29, 1.82) is 0 Å². The number of methoxy groups -OCH3 is 1. The van der Waals surface area contributed by atoms with Crippen LogP contribution in [-0.2, 0) is 9.53 Å². The van der Waals surface area contributed by atoms with Crippen molar-refractivity contribution in [2.75, 3.05) is 7.11 Å². The minimum atomic E-state index is -0.157. The summed E-state index contributed by atoms with van der Waals surface area (Å²) in [6.07, 6.45) is 16.3. The van der Waals surface area contributed by atoms with Crippen LogP contribution in [0.2, 0.25) is 0 Å². The van der Waals surface area contributed by atoms with Gasteiger partial charge in [-0.15, -0.1) is 0 Å². The van der Waals surface area contributed by atoms with Gasteiger partial charge in [0.1, 0.15) is 0 Å². The molecule has 2 nitrogen and oxygen atoms in total. The van der Waals surface area contributed by atoms with E-state index in [-0.39, 0.29) is 53.8 Å². The maximum absolute atomic E-state index is 9.96. The van der Waals surface area contributed by atoms with E-state index < -0.39 is 0 Å². The zero-order valence-electron chi connectivity index (χ0n) is 25.5. The van der Waals surface area contributed by atoms with Gasteiger partial charge in [0.15, 0.2) is 0 Å². The molecule has 0 unspecified atom stereocenters. The molecule has 0 rings (SSSR count). The Balaban J connectivity index is -0.0000000274. The summed E-state index contributed by atoms with van der Waals surface area (Å²) in [5.41, 5.74) is 0. The maximum atomic E-state index is 9.96. The largest absolute Gasteiger partial charge is 0.469 e. The average molecular weight is 674 g/mol. The second kappa shape index (κ2) is 94.8. The van der Waals surface area contributed by atoms with Crippen LogP contribution in [0.25, 0.3) is 0 Å². The van der Waals surface area contributed by atoms with Crippen molar-refractivity contribution < 1.29 is 9.53 Å². The smallest absolute Gasteiger partial charge is 0.305 e. The maximum Gasteiger partial charge on any atom is 0.305 e. The molecule has 0 bridgehead atoms. The molecule has 0 fully saturated rings. The van der Waals surface area contributed by atoms with Crippen molar-refractivity contribution in [1.82, 2.24) is 0 Å². The number of rotatable bonds is 7. The Labute approximate surface area is 242 Å². The van der Waals surface area contributed by atoms with Crippen molar-refractivity contribution in [3.63, 3.8) is 0 Å². The Kier molecular flexibility index (Phi) is 174. The molecule has 0 aromatic heterocycles. The fraction of sp³-hybridized carbons (Fsp3) is 0.964. The first-order valence-corrected chi connectivity index (χ1v) is 13.4. The molecule has 8 radical (unpaired) electrons. The van der Waals surface area contributed by atoms with Crippen molar-refractivity contribution in [3.8, 4) is 0 Å². The zero-order chi connectivity index (χ0) is 25.5. The summed E-state index contributed by atoms with van der Waals surface area (Å²) in [5, 5.41) is 0. The molecule has 0 saturated carbocycles. The van der Waals surface area contributed by atoms with E-state index in [1.165, 1.54) is 84.2 Å². The Morgan fingerprint density at radius 3 is 0.531 bits per heavy atom. The van der Waals surface area contributed by atoms with E-state index >= 15 is 0 Å². The molecule has 0 aromatic rings. The van der Waals surface area contributed by atoms with Gasteiger partial charge in [0.25, 0.3) is 0 Å². The van der Waals surface area contributed by atoms with Crippen LogP contribution >= 0.6 is 0 Å². The van der Waals surface area contributed by atoms with Gasteiger partial charge in [0.05, 0.1) is 7.11 Å². The first kappa shape index (κ1) is 58.7. The van der Waals surface area contributed by atoms with Crippen LogP contribution in [0.3, 0.4) is 0 Å². The molecule has 0 aliphatic carbocycles. The van der Waals surface area contributed by atoms with Gasteiger partial charge in [0.2, 0.25) is 0 Å². The van der Waals surface area contributed by atoms with Crippen molar-refractivity contribution in [3.05, 3.63) is 0 Å². The number of carbonyl (C=O) groups excluding carboxylic acids is 1. The number of hydrogen-bond donors (Lipinski definition) is 0. The molecule has 0 spiro atoms. The topological polar surface area (TPSA) is 26.3 Å². The van der Waals surface area contributed by atoms with E-state index in [0.29, 0.717) is 6.42 Å². The Morgan fingerprint density at radius 2 is 0.531 bits per heavy atom. The number of carbonyl (C=O) groups is 1. The van der Waals surface area contributed by atoms with Crippen LogP contribution < -0.4 is 0 Å². The molecular formula is C28H68O2Sn2. The summed E-state index contributed by atoms with van der Waals surface area (Å²) in [7, 11) is 1.38. The zero-order valence-corrected chi connectivity index (χ0v) is 31.2. The van der Waals surface area contributed by atoms with E-state index in [4.69, 9.17) is 0 Å². The molecule has 0 aliphatic rings. The predicted molar refractivity (Wildman–Crippen MR) is 157 cm³/mol. The third kappa shape index (κ3) is 229. The quantitative estimate of drug-likeness (QED) is 0.199. The first-order valence-electron chi connectivity index (χ1n) is 13.4. The van der Waals surface area contributed by atoms with Gasteiger partial charge in [-0.2, -0.15) is 0 Å². The Bertz CT molecular complexity index is 141. The molecule has 0 amide bonds. The number of esters is 1. The fourth-order valence-electron chi connectivity index (χ4n) is 0.144. The SMILES string of the molecule is CCC(=O)OC.CCCC.CCCC.CCCC.CCCC.CCCC.CCCC.[Sn].[Sn]. The third-order valence-corrected chi connectivity index (χ3v) is 3.52. The first-order chi connectivity index (χ1) is 14.3. The van der Waals surface area contributed by atoms with E-state index in [9.17, 15) is 4.79 Å². The number of hydrogen-bond acceptors (Lipinski definition) is 2. The van der Waals surface area contributed by atoms with Crippen molar-refractivity contribution in [2.45, 2.75) is 173 Å². The number of ether oxygens (including phenoxy) is 1. The van der Waals surface area contributed by atoms with Crippen LogP contribution in [0.15, 0.2) is 0 Å². The molecule has 0 N–H and O–H groups in total. The van der Waals surface area contributed by atoms with Gasteiger partial charge in [-0.05, 0) is 0 Å². The average Bonchev–Trinajstić information content (AvgIpc) is 2.84. The van der Waals surface area contributed by atoms with E-state index in [1.54, 1.807) is 6.92 Å². The second-order valence-corrected chi connectivity index (χ2v) is 6.93. The van der Waals surface area contributed by atoms with E-state index in [2.05, 4.69) is 87.8 Å². The number of unbranched alkanes of at least 4 members (excludes halogenated alkanes) is 6. The summed E-state index contributed by atoms with van der Waals surface area (Å²) in [5.74, 6) is -0.157. The molecule has 0 atom stereocenters. The Hall–Kier alpha value is 1.07. The van der Waals surface area contributed by atoms with Gasteiger partial charge in [-0.25, -0.2) is 0 Å². The van der Waals surface area contributed by atoms with Gasteiger partial charge in [-0.1, -0.05) is 167 Å². The van der Waals surface area contributed by atoms with Gasteiger partial charge >= 0.3 is 5.97 Å². The Morgan fingerprint density at radius 1 is 0.406 bits per heavy atom. The van der Waals surface area contributed by atoms with Crippen molar-refractivity contribution in [2.24, 2.45) is 0 Å². The monoisotopic (exact) mass is 676 g/mol. The summed E-state index contributed by atoms with van der Waals surface area (Å²) < 4.78 is 4.26. The fourth-order valence-corrected chi connectivity index (χ4v) is 0.144. The van der Waals surface area contributed by atoms with Crippen molar-refractivity contribution >= 4 is 53.8 Å². The summed E-state index contributed by atoms with van der Waals surface area (Å²) in [6, 6.07) is 0. The predicted octanol–water partition coefficient (Wildman–Crippen LogP) is 10.6. The normalized spacial score (nSPS) is 7.06. The third-order valence-electron chi connectivity index (χ3n) is 3.52. The molecule has 0 saturated heterocycles. The van der Waals surface area contributed by atoms with Gasteiger partial charge in [-0.3, -0.25) is 4.79 Å².